The van der Waals surface area contributed by atoms with Crippen molar-refractivity contribution in [2.24, 2.45) is 0 Å². The van der Waals surface area contributed by atoms with Crippen LogP contribution in [-0.4, -0.2) is 23.0 Å². The van der Waals surface area contributed by atoms with Crippen LogP contribution in [0.3, 0.4) is 0 Å². The zero-order valence-electron chi connectivity index (χ0n) is 12.6. The number of rotatable bonds is 3. The van der Waals surface area contributed by atoms with Gasteiger partial charge in [0.25, 0.3) is 5.91 Å². The third kappa shape index (κ3) is 2.59. The van der Waals surface area contributed by atoms with Gasteiger partial charge in [0.05, 0.1) is 10.9 Å². The van der Waals surface area contributed by atoms with Crippen molar-refractivity contribution < 1.29 is 14.3 Å². The summed E-state index contributed by atoms with van der Waals surface area (Å²) in [5.74, 6) is 1.55. The highest BCUT2D eigenvalue weighted by Crippen LogP contribution is 2.45. The molecule has 23 heavy (non-hydrogen) atoms. The van der Waals surface area contributed by atoms with E-state index in [1.54, 1.807) is 16.8 Å². The Morgan fingerprint density at radius 3 is 2.74 bits per heavy atom. The van der Waals surface area contributed by atoms with Gasteiger partial charge in [-0.1, -0.05) is 24.3 Å². The first-order chi connectivity index (χ1) is 11.2. The van der Waals surface area contributed by atoms with E-state index in [2.05, 4.69) is 5.43 Å². The second kappa shape index (κ2) is 5.70. The van der Waals surface area contributed by atoms with Crippen LogP contribution in [0, 0.1) is 0 Å². The van der Waals surface area contributed by atoms with Crippen molar-refractivity contribution in [3.05, 3.63) is 54.1 Å². The first-order valence-corrected chi connectivity index (χ1v) is 8.36. The summed E-state index contributed by atoms with van der Waals surface area (Å²) >= 11 is 1.62. The van der Waals surface area contributed by atoms with E-state index in [0.717, 1.165) is 22.7 Å². The number of carbonyl (C=O) groups excluding carboxylic acids is 1. The Morgan fingerprint density at radius 2 is 1.91 bits per heavy atom. The standard InChI is InChI=1S/C17H16N2O3S/c1-11-16(20)19(18-13-5-3-2-4-6-13)17(23-11)12-7-8-14-15(9-12)22-10-21-14/h2-9,11,17-18H,10H2,1H3/t11-,17-/m0/s1. The number of hydrogen-bond acceptors (Lipinski definition) is 5. The van der Waals surface area contributed by atoms with E-state index in [4.69, 9.17) is 9.47 Å². The van der Waals surface area contributed by atoms with E-state index in [0.29, 0.717) is 0 Å². The third-order valence-corrected chi connectivity index (χ3v) is 5.21. The van der Waals surface area contributed by atoms with Crippen LogP contribution < -0.4 is 14.9 Å². The number of carbonyl (C=O) groups is 1. The van der Waals surface area contributed by atoms with Gasteiger partial charge in [-0.05, 0) is 36.8 Å². The van der Waals surface area contributed by atoms with Gasteiger partial charge in [-0.2, -0.15) is 0 Å². The molecule has 0 spiro atoms. The van der Waals surface area contributed by atoms with Gasteiger partial charge in [-0.25, -0.2) is 5.01 Å². The average molecular weight is 328 g/mol. The Balaban J connectivity index is 1.64. The normalized spacial score (nSPS) is 22.5. The Morgan fingerprint density at radius 1 is 1.13 bits per heavy atom. The predicted octanol–water partition coefficient (Wildman–Crippen LogP) is 3.40. The molecule has 2 aromatic rings. The number of nitrogens with zero attached hydrogens (tertiary/aromatic N) is 1. The highest BCUT2D eigenvalue weighted by molar-refractivity contribution is 8.01. The quantitative estimate of drug-likeness (QED) is 0.936. The van der Waals surface area contributed by atoms with Gasteiger partial charge in [-0.15, -0.1) is 11.8 Å². The van der Waals surface area contributed by atoms with E-state index in [-0.39, 0.29) is 23.3 Å². The van der Waals surface area contributed by atoms with Gasteiger partial charge in [0.2, 0.25) is 6.79 Å². The maximum atomic E-state index is 12.5. The minimum atomic E-state index is -0.104. The molecule has 2 aliphatic rings. The Bertz CT molecular complexity index is 738. The van der Waals surface area contributed by atoms with Crippen LogP contribution in [0.2, 0.25) is 0 Å². The van der Waals surface area contributed by atoms with Gasteiger partial charge in [0.1, 0.15) is 5.37 Å². The van der Waals surface area contributed by atoms with Crippen LogP contribution in [0.4, 0.5) is 5.69 Å². The molecule has 0 unspecified atom stereocenters. The first-order valence-electron chi connectivity index (χ1n) is 7.42. The lowest BCUT2D eigenvalue weighted by Gasteiger charge is -2.25. The third-order valence-electron chi connectivity index (χ3n) is 3.86. The number of fused-ring (bicyclic) bond motifs is 1. The highest BCUT2D eigenvalue weighted by Gasteiger charge is 2.39. The maximum absolute atomic E-state index is 12.5. The Kier molecular flexibility index (Phi) is 3.53. The summed E-state index contributed by atoms with van der Waals surface area (Å²) in [5.41, 5.74) is 5.13. The van der Waals surface area contributed by atoms with Gasteiger partial charge in [0, 0.05) is 0 Å². The van der Waals surface area contributed by atoms with Crippen molar-refractivity contribution in [3.63, 3.8) is 0 Å². The number of anilines is 1. The molecular formula is C17H16N2O3S. The fourth-order valence-corrected chi connectivity index (χ4v) is 3.88. The van der Waals surface area contributed by atoms with Crippen molar-refractivity contribution in [2.45, 2.75) is 17.5 Å². The van der Waals surface area contributed by atoms with Crippen LogP contribution >= 0.6 is 11.8 Å². The molecule has 0 aromatic heterocycles. The molecule has 5 nitrogen and oxygen atoms in total. The number of thioether (sulfide) groups is 1. The SMILES string of the molecule is C[C@@H]1S[C@@H](c2ccc3c(c2)OCO3)N(Nc2ccccc2)C1=O. The minimum Gasteiger partial charge on any atom is -0.454 e. The van der Waals surface area contributed by atoms with Crippen molar-refractivity contribution in [2.75, 3.05) is 12.2 Å². The largest absolute Gasteiger partial charge is 0.454 e. The zero-order valence-corrected chi connectivity index (χ0v) is 13.4. The van der Waals surface area contributed by atoms with E-state index in [1.807, 2.05) is 55.5 Å². The maximum Gasteiger partial charge on any atom is 0.255 e. The Labute approximate surface area is 138 Å². The molecule has 1 fully saturated rings. The van der Waals surface area contributed by atoms with Crippen LogP contribution in [0.1, 0.15) is 17.9 Å². The average Bonchev–Trinajstić information content (AvgIpc) is 3.15. The number of benzene rings is 2. The molecule has 0 radical (unpaired) electrons. The van der Waals surface area contributed by atoms with E-state index in [1.165, 1.54) is 0 Å². The lowest BCUT2D eigenvalue weighted by atomic mass is 10.2. The smallest absolute Gasteiger partial charge is 0.255 e. The monoisotopic (exact) mass is 328 g/mol. The number of para-hydroxylation sites is 1. The molecule has 0 bridgehead atoms. The predicted molar refractivity (Wildman–Crippen MR) is 89.3 cm³/mol. The number of nitrogens with one attached hydrogen (secondary N) is 1. The number of amides is 1. The topological polar surface area (TPSA) is 50.8 Å². The van der Waals surface area contributed by atoms with E-state index in [9.17, 15) is 4.79 Å². The van der Waals surface area contributed by atoms with E-state index < -0.39 is 0 Å². The zero-order chi connectivity index (χ0) is 15.8. The summed E-state index contributed by atoms with van der Waals surface area (Å²) in [5, 5.41) is 1.50. The number of hydrogen-bond donors (Lipinski definition) is 1. The second-order valence-corrected chi connectivity index (χ2v) is 6.86. The molecule has 0 saturated carbocycles. The van der Waals surface area contributed by atoms with Crippen molar-refractivity contribution in [1.82, 2.24) is 5.01 Å². The molecule has 6 heteroatoms. The molecule has 0 aliphatic carbocycles. The van der Waals surface area contributed by atoms with Gasteiger partial charge in [0.15, 0.2) is 11.5 Å². The molecule has 1 saturated heterocycles. The molecule has 2 aliphatic heterocycles. The molecule has 2 heterocycles. The second-order valence-electron chi connectivity index (χ2n) is 5.43. The van der Waals surface area contributed by atoms with Crippen LogP contribution in [-0.2, 0) is 4.79 Å². The fraction of sp³-hybridized carbons (Fsp3) is 0.235. The molecular weight excluding hydrogens is 312 g/mol. The van der Waals surface area contributed by atoms with Gasteiger partial charge < -0.3 is 9.47 Å². The minimum absolute atomic E-state index is 0.0709. The first kappa shape index (κ1) is 14.3. The van der Waals surface area contributed by atoms with Crippen LogP contribution in [0.5, 0.6) is 11.5 Å². The molecule has 4 rings (SSSR count). The lowest BCUT2D eigenvalue weighted by molar-refractivity contribution is -0.128. The summed E-state index contributed by atoms with van der Waals surface area (Å²) < 4.78 is 10.8. The molecule has 2 aromatic carbocycles. The van der Waals surface area contributed by atoms with Crippen LogP contribution in [0.25, 0.3) is 0 Å². The lowest BCUT2D eigenvalue weighted by Crippen LogP contribution is -2.35. The summed E-state index contributed by atoms with van der Waals surface area (Å²) in [6.45, 7) is 2.18. The fourth-order valence-electron chi connectivity index (χ4n) is 2.68. The summed E-state index contributed by atoms with van der Waals surface area (Å²) in [6.07, 6.45) is 0. The van der Waals surface area contributed by atoms with Crippen LogP contribution in [0.15, 0.2) is 48.5 Å². The Hall–Kier alpha value is -2.34. The summed E-state index contributed by atoms with van der Waals surface area (Å²) in [6, 6.07) is 15.5. The molecule has 2 atom stereocenters. The van der Waals surface area contributed by atoms with Crippen molar-refractivity contribution in [1.29, 1.82) is 0 Å². The van der Waals surface area contributed by atoms with Crippen molar-refractivity contribution in [3.8, 4) is 11.5 Å². The van der Waals surface area contributed by atoms with Gasteiger partial charge >= 0.3 is 0 Å². The number of ether oxygens (including phenoxy) is 2. The summed E-state index contributed by atoms with van der Waals surface area (Å²) in [4.78, 5) is 12.5. The highest BCUT2D eigenvalue weighted by atomic mass is 32.2. The summed E-state index contributed by atoms with van der Waals surface area (Å²) in [7, 11) is 0. The molecule has 1 amide bonds. The molecule has 1 N–H and O–H groups in total. The van der Waals surface area contributed by atoms with E-state index >= 15 is 0 Å². The van der Waals surface area contributed by atoms with Gasteiger partial charge in [-0.3, -0.25) is 10.2 Å². The molecule has 118 valence electrons. The van der Waals surface area contributed by atoms with Crippen molar-refractivity contribution >= 4 is 23.4 Å². The number of hydrazine groups is 1.